The van der Waals surface area contributed by atoms with Crippen molar-refractivity contribution >= 4 is 50.6 Å². The number of anilines is 1. The molecule has 0 radical (unpaired) electrons. The van der Waals surface area contributed by atoms with Crippen LogP contribution in [0.15, 0.2) is 77.1 Å². The zero-order valence-electron chi connectivity index (χ0n) is 13.2. The fourth-order valence-electron chi connectivity index (χ4n) is 2.67. The maximum absolute atomic E-state index is 6.06. The average molecular weight is 383 g/mol. The third-order valence-electron chi connectivity index (χ3n) is 3.89. The molecule has 0 spiro atoms. The Kier molecular flexibility index (Phi) is 4.66. The molecule has 0 aliphatic heterocycles. The second kappa shape index (κ2) is 7.08. The SMILES string of the molecule is Nc1ccc2nc(SC(c3ccccc3)c3ccc(Cl)cc3)sc2c1. The molecular formula is C20H15ClN2S2. The molecule has 0 aliphatic carbocycles. The lowest BCUT2D eigenvalue weighted by atomic mass is 10.0. The van der Waals surface area contributed by atoms with Gasteiger partial charge >= 0.3 is 0 Å². The van der Waals surface area contributed by atoms with Crippen molar-refractivity contribution in [2.24, 2.45) is 0 Å². The van der Waals surface area contributed by atoms with Gasteiger partial charge in [-0.1, -0.05) is 65.8 Å². The van der Waals surface area contributed by atoms with Crippen LogP contribution >= 0.6 is 34.7 Å². The van der Waals surface area contributed by atoms with E-state index in [2.05, 4.69) is 36.4 Å². The second-order valence-electron chi connectivity index (χ2n) is 5.67. The zero-order valence-corrected chi connectivity index (χ0v) is 15.6. The van der Waals surface area contributed by atoms with E-state index >= 15 is 0 Å². The third kappa shape index (κ3) is 3.66. The molecule has 4 rings (SSSR count). The van der Waals surface area contributed by atoms with Crippen molar-refractivity contribution in [2.75, 3.05) is 5.73 Å². The molecule has 25 heavy (non-hydrogen) atoms. The summed E-state index contributed by atoms with van der Waals surface area (Å²) in [6, 6.07) is 24.4. The van der Waals surface area contributed by atoms with Crippen LogP contribution in [-0.2, 0) is 0 Å². The topological polar surface area (TPSA) is 38.9 Å². The molecule has 124 valence electrons. The largest absolute Gasteiger partial charge is 0.399 e. The van der Waals surface area contributed by atoms with Gasteiger partial charge in [0.25, 0.3) is 0 Å². The number of thiazole rings is 1. The Labute approximate surface area is 159 Å². The van der Waals surface area contributed by atoms with E-state index in [1.165, 1.54) is 11.1 Å². The first-order valence-electron chi connectivity index (χ1n) is 7.82. The smallest absolute Gasteiger partial charge is 0.152 e. The Hall–Kier alpha value is -2.01. The van der Waals surface area contributed by atoms with Gasteiger partial charge in [0.1, 0.15) is 0 Å². The molecule has 0 bridgehead atoms. The molecule has 4 aromatic rings. The van der Waals surface area contributed by atoms with Crippen molar-refractivity contribution in [3.8, 4) is 0 Å². The number of nitrogens with two attached hydrogens (primary N) is 1. The van der Waals surface area contributed by atoms with Crippen LogP contribution in [0.3, 0.4) is 0 Å². The molecular weight excluding hydrogens is 368 g/mol. The number of fused-ring (bicyclic) bond motifs is 1. The van der Waals surface area contributed by atoms with Crippen molar-refractivity contribution in [3.05, 3.63) is 88.9 Å². The van der Waals surface area contributed by atoms with Crippen LogP contribution in [0.25, 0.3) is 10.2 Å². The first-order chi connectivity index (χ1) is 12.2. The molecule has 1 heterocycles. The highest BCUT2D eigenvalue weighted by Gasteiger charge is 2.18. The fraction of sp³-hybridized carbons (Fsp3) is 0.0500. The molecule has 2 N–H and O–H groups in total. The molecule has 0 aliphatic rings. The number of aromatic nitrogens is 1. The highest BCUT2D eigenvalue weighted by molar-refractivity contribution is 8.01. The van der Waals surface area contributed by atoms with Crippen molar-refractivity contribution < 1.29 is 0 Å². The van der Waals surface area contributed by atoms with Gasteiger partial charge in [0.05, 0.1) is 15.5 Å². The Balaban J connectivity index is 1.73. The monoisotopic (exact) mass is 382 g/mol. The highest BCUT2D eigenvalue weighted by Crippen LogP contribution is 2.43. The summed E-state index contributed by atoms with van der Waals surface area (Å²) >= 11 is 9.50. The van der Waals surface area contributed by atoms with Gasteiger partial charge in [-0.15, -0.1) is 11.3 Å². The van der Waals surface area contributed by atoms with Crippen molar-refractivity contribution in [2.45, 2.75) is 9.59 Å². The number of rotatable bonds is 4. The predicted octanol–water partition coefficient (Wildman–Crippen LogP) is 6.41. The van der Waals surface area contributed by atoms with Crippen molar-refractivity contribution in [3.63, 3.8) is 0 Å². The van der Waals surface area contributed by atoms with E-state index in [9.17, 15) is 0 Å². The lowest BCUT2D eigenvalue weighted by Gasteiger charge is -2.16. The number of nitrogens with zero attached hydrogens (tertiary/aromatic N) is 1. The lowest BCUT2D eigenvalue weighted by molar-refractivity contribution is 1.14. The molecule has 5 heteroatoms. The molecule has 1 aromatic heterocycles. The molecule has 2 nitrogen and oxygen atoms in total. The minimum Gasteiger partial charge on any atom is -0.399 e. The van der Waals surface area contributed by atoms with Gasteiger partial charge in [-0.25, -0.2) is 4.98 Å². The van der Waals surface area contributed by atoms with E-state index in [0.717, 1.165) is 25.3 Å². The van der Waals surface area contributed by atoms with Crippen LogP contribution in [0.5, 0.6) is 0 Å². The summed E-state index contributed by atoms with van der Waals surface area (Å²) in [5.74, 6) is 0. The highest BCUT2D eigenvalue weighted by atomic mass is 35.5. The van der Waals surface area contributed by atoms with Gasteiger partial charge < -0.3 is 5.73 Å². The van der Waals surface area contributed by atoms with E-state index in [1.54, 1.807) is 23.1 Å². The van der Waals surface area contributed by atoms with E-state index < -0.39 is 0 Å². The van der Waals surface area contributed by atoms with Gasteiger partial charge in [0.2, 0.25) is 0 Å². The Morgan fingerprint density at radius 1 is 0.920 bits per heavy atom. The Bertz CT molecular complexity index is 997. The van der Waals surface area contributed by atoms with Crippen LogP contribution in [0.2, 0.25) is 5.02 Å². The van der Waals surface area contributed by atoms with E-state index in [0.29, 0.717) is 0 Å². The number of benzene rings is 3. The summed E-state index contributed by atoms with van der Waals surface area (Å²) in [4.78, 5) is 4.76. The Morgan fingerprint density at radius 2 is 1.64 bits per heavy atom. The summed E-state index contributed by atoms with van der Waals surface area (Å²) in [6.07, 6.45) is 0. The summed E-state index contributed by atoms with van der Waals surface area (Å²) in [7, 11) is 0. The van der Waals surface area contributed by atoms with E-state index in [4.69, 9.17) is 22.3 Å². The summed E-state index contributed by atoms with van der Waals surface area (Å²) < 4.78 is 2.15. The van der Waals surface area contributed by atoms with Gasteiger partial charge in [0.15, 0.2) is 4.34 Å². The normalized spacial score (nSPS) is 12.4. The van der Waals surface area contributed by atoms with Gasteiger partial charge in [-0.2, -0.15) is 0 Å². The van der Waals surface area contributed by atoms with Gasteiger partial charge in [-0.05, 0) is 41.5 Å². The first-order valence-corrected chi connectivity index (χ1v) is 9.89. The van der Waals surface area contributed by atoms with E-state index in [-0.39, 0.29) is 5.25 Å². The minimum atomic E-state index is 0.163. The van der Waals surface area contributed by atoms with E-state index in [1.807, 2.05) is 36.4 Å². The summed E-state index contributed by atoms with van der Waals surface area (Å²) in [5.41, 5.74) is 10.1. The van der Waals surface area contributed by atoms with Gasteiger partial charge in [-0.3, -0.25) is 0 Å². The fourth-order valence-corrected chi connectivity index (χ4v) is 5.23. The second-order valence-corrected chi connectivity index (χ2v) is 8.49. The van der Waals surface area contributed by atoms with Crippen LogP contribution in [-0.4, -0.2) is 4.98 Å². The molecule has 0 saturated heterocycles. The predicted molar refractivity (Wildman–Crippen MR) is 110 cm³/mol. The number of thioether (sulfide) groups is 1. The summed E-state index contributed by atoms with van der Waals surface area (Å²) in [6.45, 7) is 0. The lowest BCUT2D eigenvalue weighted by Crippen LogP contribution is -1.96. The Morgan fingerprint density at radius 3 is 2.40 bits per heavy atom. The maximum Gasteiger partial charge on any atom is 0.152 e. The van der Waals surface area contributed by atoms with Crippen molar-refractivity contribution in [1.29, 1.82) is 0 Å². The van der Waals surface area contributed by atoms with Crippen molar-refractivity contribution in [1.82, 2.24) is 4.98 Å². The molecule has 1 atom stereocenters. The minimum absolute atomic E-state index is 0.163. The van der Waals surface area contributed by atoms with Crippen LogP contribution < -0.4 is 5.73 Å². The molecule has 0 fully saturated rings. The average Bonchev–Trinajstić information content (AvgIpc) is 3.03. The molecule has 3 aromatic carbocycles. The third-order valence-corrected chi connectivity index (χ3v) is 6.56. The van der Waals surface area contributed by atoms with Gasteiger partial charge in [0, 0.05) is 10.7 Å². The van der Waals surface area contributed by atoms with Crippen LogP contribution in [0.1, 0.15) is 16.4 Å². The standard InChI is InChI=1S/C20H15ClN2S2/c21-15-8-6-14(7-9-15)19(13-4-2-1-3-5-13)25-20-23-17-11-10-16(22)12-18(17)24-20/h1-12,19H,22H2. The summed E-state index contributed by atoms with van der Waals surface area (Å²) in [5, 5.41) is 0.910. The molecule has 0 saturated carbocycles. The number of halogens is 1. The number of hydrogen-bond donors (Lipinski definition) is 1. The van der Waals surface area contributed by atoms with Crippen LogP contribution in [0.4, 0.5) is 5.69 Å². The number of nitrogen functional groups attached to an aromatic ring is 1. The molecule has 0 amide bonds. The van der Waals surface area contributed by atoms with Crippen LogP contribution in [0, 0.1) is 0 Å². The maximum atomic E-state index is 6.06. The quantitative estimate of drug-likeness (QED) is 0.327. The zero-order chi connectivity index (χ0) is 17.2. The molecule has 1 unspecified atom stereocenters. The first kappa shape index (κ1) is 16.5. The number of hydrogen-bond acceptors (Lipinski definition) is 4.